The van der Waals surface area contributed by atoms with Gasteiger partial charge in [0, 0.05) is 4.88 Å². The molecule has 2 N–H and O–H groups in total. The third kappa shape index (κ3) is 3.97. The van der Waals surface area contributed by atoms with Crippen molar-refractivity contribution in [2.75, 3.05) is 6.79 Å². The second-order valence-corrected chi connectivity index (χ2v) is 7.79. The summed E-state index contributed by atoms with van der Waals surface area (Å²) >= 11 is 1.63. The molecule has 4 rings (SSSR count). The second kappa shape index (κ2) is 7.94. The molecule has 3 aromatic rings. The summed E-state index contributed by atoms with van der Waals surface area (Å²) < 4.78 is 10.8. The Labute approximate surface area is 168 Å². The number of ether oxygens (including phenoxy) is 2. The van der Waals surface area contributed by atoms with Gasteiger partial charge in [-0.1, -0.05) is 42.0 Å². The van der Waals surface area contributed by atoms with E-state index in [1.807, 2.05) is 42.6 Å². The van der Waals surface area contributed by atoms with E-state index >= 15 is 0 Å². The number of aryl methyl sites for hydroxylation is 1. The molecule has 2 amide bonds. The molecule has 0 radical (unpaired) electrons. The van der Waals surface area contributed by atoms with Gasteiger partial charge in [0.2, 0.25) is 6.79 Å². The number of rotatable bonds is 5. The molecule has 5 nitrogen and oxygen atoms in total. The van der Waals surface area contributed by atoms with Crippen LogP contribution >= 0.6 is 11.3 Å². The van der Waals surface area contributed by atoms with Crippen LogP contribution in [0.25, 0.3) is 0 Å². The van der Waals surface area contributed by atoms with Crippen molar-refractivity contribution in [2.24, 2.45) is 0 Å². The number of fused-ring (bicyclic) bond motifs is 1. The van der Waals surface area contributed by atoms with Crippen molar-refractivity contribution in [2.45, 2.75) is 25.9 Å². The van der Waals surface area contributed by atoms with E-state index in [9.17, 15) is 4.79 Å². The molecule has 0 fully saturated rings. The Kier molecular flexibility index (Phi) is 5.21. The fraction of sp³-hybridized carbons (Fsp3) is 0.227. The van der Waals surface area contributed by atoms with E-state index in [1.54, 1.807) is 11.3 Å². The van der Waals surface area contributed by atoms with E-state index in [4.69, 9.17) is 9.47 Å². The van der Waals surface area contributed by atoms with Gasteiger partial charge in [-0.2, -0.15) is 0 Å². The summed E-state index contributed by atoms with van der Waals surface area (Å²) in [6.45, 7) is 4.24. The van der Waals surface area contributed by atoms with Gasteiger partial charge in [0.1, 0.15) is 0 Å². The van der Waals surface area contributed by atoms with E-state index in [2.05, 4.69) is 41.8 Å². The zero-order valence-corrected chi connectivity index (χ0v) is 16.6. The zero-order chi connectivity index (χ0) is 19.5. The van der Waals surface area contributed by atoms with Gasteiger partial charge in [-0.05, 0) is 48.6 Å². The molecule has 6 heteroatoms. The minimum atomic E-state index is -0.218. The van der Waals surface area contributed by atoms with Gasteiger partial charge in [-0.15, -0.1) is 11.3 Å². The fourth-order valence-corrected chi connectivity index (χ4v) is 3.97. The number of hydrogen-bond acceptors (Lipinski definition) is 4. The number of urea groups is 1. The lowest BCUT2D eigenvalue weighted by molar-refractivity contribution is 0.174. The molecule has 1 aliphatic heterocycles. The third-order valence-electron chi connectivity index (χ3n) is 4.76. The number of carbonyl (C=O) groups is 1. The van der Waals surface area contributed by atoms with Gasteiger partial charge in [-0.25, -0.2) is 4.79 Å². The second-order valence-electron chi connectivity index (χ2n) is 6.81. The molecule has 28 heavy (non-hydrogen) atoms. The predicted molar refractivity (Wildman–Crippen MR) is 110 cm³/mol. The first-order valence-electron chi connectivity index (χ1n) is 9.17. The summed E-state index contributed by atoms with van der Waals surface area (Å²) in [5.74, 6) is 1.44. The molecule has 1 aromatic heterocycles. The average Bonchev–Trinajstić information content (AvgIpc) is 3.38. The molecule has 144 valence electrons. The van der Waals surface area contributed by atoms with Gasteiger partial charge >= 0.3 is 6.03 Å². The van der Waals surface area contributed by atoms with Crippen molar-refractivity contribution in [1.29, 1.82) is 0 Å². The molecule has 0 saturated carbocycles. The van der Waals surface area contributed by atoms with Crippen LogP contribution in [0.15, 0.2) is 60.0 Å². The minimum absolute atomic E-state index is 0.170. The van der Waals surface area contributed by atoms with Crippen LogP contribution in [-0.4, -0.2) is 12.8 Å². The summed E-state index contributed by atoms with van der Waals surface area (Å²) in [5, 5.41) is 8.15. The first-order valence-corrected chi connectivity index (χ1v) is 10.0. The number of thiophene rings is 1. The Bertz CT molecular complexity index is 954. The van der Waals surface area contributed by atoms with E-state index < -0.39 is 0 Å². The quantitative estimate of drug-likeness (QED) is 0.645. The predicted octanol–water partition coefficient (Wildman–Crippen LogP) is 4.94. The number of amides is 2. The first-order chi connectivity index (χ1) is 13.6. The zero-order valence-electron chi connectivity index (χ0n) is 15.8. The summed E-state index contributed by atoms with van der Waals surface area (Å²) in [6.07, 6.45) is 0. The molecule has 2 atom stereocenters. The lowest BCUT2D eigenvalue weighted by Gasteiger charge is -2.21. The van der Waals surface area contributed by atoms with Crippen LogP contribution in [-0.2, 0) is 0 Å². The van der Waals surface area contributed by atoms with Crippen LogP contribution in [0.2, 0.25) is 0 Å². The van der Waals surface area contributed by atoms with E-state index in [0.29, 0.717) is 5.75 Å². The molecule has 2 aromatic carbocycles. The highest BCUT2D eigenvalue weighted by Gasteiger charge is 2.20. The Morgan fingerprint density at radius 3 is 2.50 bits per heavy atom. The maximum absolute atomic E-state index is 12.7. The number of benzene rings is 2. The van der Waals surface area contributed by atoms with Crippen molar-refractivity contribution in [3.05, 3.63) is 81.5 Å². The molecule has 0 unspecified atom stereocenters. The smallest absolute Gasteiger partial charge is 0.316 e. The normalized spacial score (nSPS) is 14.4. The molecule has 0 saturated heterocycles. The topological polar surface area (TPSA) is 59.6 Å². The molecular weight excluding hydrogens is 372 g/mol. The maximum Gasteiger partial charge on any atom is 0.316 e. The van der Waals surface area contributed by atoms with Gasteiger partial charge in [-0.3, -0.25) is 0 Å². The maximum atomic E-state index is 12.7. The van der Waals surface area contributed by atoms with Crippen molar-refractivity contribution >= 4 is 17.4 Å². The fourth-order valence-electron chi connectivity index (χ4n) is 3.17. The standard InChI is InChI=1S/C22H22N2O3S/c1-14-5-7-16(8-6-14)21(20-4-3-11-28-20)24-22(25)23-15(2)17-9-10-18-19(12-17)27-13-26-18/h3-12,15,21H,13H2,1-2H3,(H2,23,24,25)/t15-,21+/m1/s1. The SMILES string of the molecule is Cc1ccc([C@H](NC(=O)N[C@H](C)c2ccc3c(c2)OCO3)c2cccs2)cc1. The van der Waals surface area contributed by atoms with Crippen molar-refractivity contribution in [3.63, 3.8) is 0 Å². The summed E-state index contributed by atoms with van der Waals surface area (Å²) in [7, 11) is 0. The van der Waals surface area contributed by atoms with E-state index in [0.717, 1.165) is 21.8 Å². The van der Waals surface area contributed by atoms with Crippen LogP contribution in [0.5, 0.6) is 11.5 Å². The lowest BCUT2D eigenvalue weighted by atomic mass is 10.0. The Balaban J connectivity index is 1.47. The lowest BCUT2D eigenvalue weighted by Crippen LogP contribution is -2.39. The Morgan fingerprint density at radius 2 is 1.75 bits per heavy atom. The van der Waals surface area contributed by atoms with Crippen LogP contribution in [0, 0.1) is 6.92 Å². The molecule has 1 aliphatic rings. The highest BCUT2D eigenvalue weighted by atomic mass is 32.1. The largest absolute Gasteiger partial charge is 0.454 e. The summed E-state index contributed by atoms with van der Waals surface area (Å²) in [5.41, 5.74) is 3.20. The van der Waals surface area contributed by atoms with Crippen LogP contribution in [0.1, 0.15) is 40.6 Å². The van der Waals surface area contributed by atoms with E-state index in [-0.39, 0.29) is 24.9 Å². The molecule has 0 bridgehead atoms. The van der Waals surface area contributed by atoms with Crippen molar-refractivity contribution < 1.29 is 14.3 Å². The van der Waals surface area contributed by atoms with Gasteiger partial charge < -0.3 is 20.1 Å². The highest BCUT2D eigenvalue weighted by molar-refractivity contribution is 7.10. The highest BCUT2D eigenvalue weighted by Crippen LogP contribution is 2.34. The van der Waals surface area contributed by atoms with Crippen LogP contribution in [0.3, 0.4) is 0 Å². The summed E-state index contributed by atoms with van der Waals surface area (Å²) in [4.78, 5) is 13.8. The van der Waals surface area contributed by atoms with E-state index in [1.165, 1.54) is 5.56 Å². The minimum Gasteiger partial charge on any atom is -0.454 e. The van der Waals surface area contributed by atoms with Gasteiger partial charge in [0.05, 0.1) is 12.1 Å². The molecule has 2 heterocycles. The molecule has 0 spiro atoms. The Morgan fingerprint density at radius 1 is 1.00 bits per heavy atom. The first kappa shape index (κ1) is 18.4. The molecular formula is C22H22N2O3S. The van der Waals surface area contributed by atoms with Gasteiger partial charge in [0.15, 0.2) is 11.5 Å². The molecule has 0 aliphatic carbocycles. The van der Waals surface area contributed by atoms with Crippen molar-refractivity contribution in [3.8, 4) is 11.5 Å². The van der Waals surface area contributed by atoms with Crippen LogP contribution in [0.4, 0.5) is 4.79 Å². The Hall–Kier alpha value is -2.99. The number of carbonyl (C=O) groups excluding carboxylic acids is 1. The third-order valence-corrected chi connectivity index (χ3v) is 5.70. The number of hydrogen-bond donors (Lipinski definition) is 2. The summed E-state index contributed by atoms with van der Waals surface area (Å²) in [6, 6.07) is 17.4. The average molecular weight is 394 g/mol. The van der Waals surface area contributed by atoms with Crippen LogP contribution < -0.4 is 20.1 Å². The monoisotopic (exact) mass is 394 g/mol. The number of nitrogens with one attached hydrogen (secondary N) is 2. The van der Waals surface area contributed by atoms with Gasteiger partial charge in [0.25, 0.3) is 0 Å². The van der Waals surface area contributed by atoms with Crippen molar-refractivity contribution in [1.82, 2.24) is 10.6 Å².